The fourth-order valence-electron chi connectivity index (χ4n) is 2.48. The molecule has 1 aromatic carbocycles. The van der Waals surface area contributed by atoms with Gasteiger partial charge in [0.2, 0.25) is 0 Å². The number of aliphatic hydroxyl groups is 1. The molecule has 0 spiro atoms. The van der Waals surface area contributed by atoms with E-state index in [0.29, 0.717) is 0 Å². The first-order valence-corrected chi connectivity index (χ1v) is 8.71. The van der Waals surface area contributed by atoms with Crippen LogP contribution in [0.3, 0.4) is 0 Å². The molecule has 1 aromatic rings. The Hall–Kier alpha value is -1.03. The topological polar surface area (TPSA) is 20.2 Å². The standard InChI is InChI=1S/C9H18.C8H7F3O.C2H6/c1-9-7-5-3-2-4-6-8-9;9-8(10,11)7(12)6-4-2-1-3-5-6;1-2/h9H,2-8H2,1H3;1-5,7,12H;1-2H3. The fourth-order valence-corrected chi connectivity index (χ4v) is 2.48. The second-order valence-corrected chi connectivity index (χ2v) is 5.81. The highest BCUT2D eigenvalue weighted by Crippen LogP contribution is 2.31. The van der Waals surface area contributed by atoms with Gasteiger partial charge in [-0.05, 0) is 11.5 Å². The van der Waals surface area contributed by atoms with E-state index < -0.39 is 12.3 Å². The molecule has 0 radical (unpaired) electrons. The van der Waals surface area contributed by atoms with Crippen molar-refractivity contribution in [3.8, 4) is 0 Å². The van der Waals surface area contributed by atoms with Crippen LogP contribution in [0.4, 0.5) is 13.2 Å². The van der Waals surface area contributed by atoms with Crippen LogP contribution >= 0.6 is 0 Å². The molecule has 134 valence electrons. The van der Waals surface area contributed by atoms with Gasteiger partial charge in [-0.2, -0.15) is 13.2 Å². The van der Waals surface area contributed by atoms with Gasteiger partial charge in [0.1, 0.15) is 0 Å². The molecule has 0 amide bonds. The number of halogens is 3. The Morgan fingerprint density at radius 3 is 1.78 bits per heavy atom. The molecule has 0 heterocycles. The van der Waals surface area contributed by atoms with Gasteiger partial charge in [-0.3, -0.25) is 0 Å². The predicted molar refractivity (Wildman–Crippen MR) is 90.3 cm³/mol. The minimum absolute atomic E-state index is 0.134. The van der Waals surface area contributed by atoms with E-state index in [0.717, 1.165) is 5.92 Å². The Morgan fingerprint density at radius 1 is 0.913 bits per heavy atom. The van der Waals surface area contributed by atoms with Gasteiger partial charge in [0.25, 0.3) is 0 Å². The molecule has 1 unspecified atom stereocenters. The molecule has 0 aromatic heterocycles. The van der Waals surface area contributed by atoms with E-state index in [4.69, 9.17) is 5.11 Å². The van der Waals surface area contributed by atoms with Crippen LogP contribution in [-0.4, -0.2) is 11.3 Å². The summed E-state index contributed by atoms with van der Waals surface area (Å²) in [5.74, 6) is 1.02. The molecule has 1 nitrogen and oxygen atoms in total. The van der Waals surface area contributed by atoms with Gasteiger partial charge < -0.3 is 5.11 Å². The van der Waals surface area contributed by atoms with Crippen LogP contribution in [0, 0.1) is 5.92 Å². The molecule has 1 aliphatic rings. The van der Waals surface area contributed by atoms with Crippen molar-refractivity contribution in [1.29, 1.82) is 0 Å². The van der Waals surface area contributed by atoms with Crippen LogP contribution in [-0.2, 0) is 0 Å². The SMILES string of the molecule is CC.CC1CCCCCCC1.OC(c1ccccc1)C(F)(F)F. The number of alkyl halides is 3. The molecule has 2 rings (SSSR count). The van der Waals surface area contributed by atoms with Crippen LogP contribution in [0.5, 0.6) is 0 Å². The van der Waals surface area contributed by atoms with Crippen LogP contribution in [0.1, 0.15) is 77.4 Å². The highest BCUT2D eigenvalue weighted by molar-refractivity contribution is 5.18. The van der Waals surface area contributed by atoms with Crippen molar-refractivity contribution in [3.05, 3.63) is 35.9 Å². The molecule has 23 heavy (non-hydrogen) atoms. The summed E-state index contributed by atoms with van der Waals surface area (Å²) >= 11 is 0. The van der Waals surface area contributed by atoms with E-state index >= 15 is 0 Å². The van der Waals surface area contributed by atoms with Crippen LogP contribution in [0.15, 0.2) is 30.3 Å². The zero-order chi connectivity index (χ0) is 17.7. The van der Waals surface area contributed by atoms with E-state index in [1.54, 1.807) is 6.07 Å². The lowest BCUT2D eigenvalue weighted by molar-refractivity contribution is -0.206. The maximum absolute atomic E-state index is 11.9. The van der Waals surface area contributed by atoms with Gasteiger partial charge in [0.05, 0.1) is 0 Å². The lowest BCUT2D eigenvalue weighted by Gasteiger charge is -2.13. The predicted octanol–water partition coefficient (Wildman–Crippen LogP) is 6.68. The van der Waals surface area contributed by atoms with E-state index in [1.165, 1.54) is 69.2 Å². The molecular weight excluding hydrogens is 301 g/mol. The third-order valence-electron chi connectivity index (χ3n) is 3.82. The third kappa shape index (κ3) is 10.4. The summed E-state index contributed by atoms with van der Waals surface area (Å²) in [5, 5.41) is 8.73. The fraction of sp³-hybridized carbons (Fsp3) is 0.684. The van der Waals surface area contributed by atoms with Crippen LogP contribution < -0.4 is 0 Å². The minimum Gasteiger partial charge on any atom is -0.379 e. The minimum atomic E-state index is -4.58. The lowest BCUT2D eigenvalue weighted by atomic mass is 9.93. The van der Waals surface area contributed by atoms with Crippen molar-refractivity contribution in [2.24, 2.45) is 5.92 Å². The Bertz CT molecular complexity index is 368. The molecule has 1 atom stereocenters. The summed E-state index contributed by atoms with van der Waals surface area (Å²) in [4.78, 5) is 0. The molecule has 0 aliphatic heterocycles. The van der Waals surface area contributed by atoms with E-state index in [2.05, 4.69) is 6.92 Å². The molecule has 1 saturated carbocycles. The average molecular weight is 332 g/mol. The first-order valence-electron chi connectivity index (χ1n) is 8.71. The van der Waals surface area contributed by atoms with E-state index in [-0.39, 0.29) is 5.56 Å². The largest absolute Gasteiger partial charge is 0.418 e. The maximum Gasteiger partial charge on any atom is 0.418 e. The summed E-state index contributed by atoms with van der Waals surface area (Å²) in [6, 6.07) is 6.96. The van der Waals surface area contributed by atoms with Crippen molar-refractivity contribution in [3.63, 3.8) is 0 Å². The smallest absolute Gasteiger partial charge is 0.379 e. The molecule has 0 bridgehead atoms. The quantitative estimate of drug-likeness (QED) is 0.608. The molecular formula is C19H31F3O. The Balaban J connectivity index is 0.000000392. The zero-order valence-electron chi connectivity index (χ0n) is 14.6. The number of benzene rings is 1. The highest BCUT2D eigenvalue weighted by atomic mass is 19.4. The van der Waals surface area contributed by atoms with Crippen molar-refractivity contribution in [1.82, 2.24) is 0 Å². The second-order valence-electron chi connectivity index (χ2n) is 5.81. The summed E-state index contributed by atoms with van der Waals surface area (Å²) < 4.78 is 35.7. The summed E-state index contributed by atoms with van der Waals surface area (Å²) in [6.07, 6.45) is 3.46. The first-order chi connectivity index (χ1) is 10.9. The van der Waals surface area contributed by atoms with Gasteiger partial charge in [0.15, 0.2) is 6.10 Å². The van der Waals surface area contributed by atoms with E-state index in [9.17, 15) is 13.2 Å². The Morgan fingerprint density at radius 2 is 1.35 bits per heavy atom. The molecule has 1 N–H and O–H groups in total. The molecule has 1 fully saturated rings. The number of aliphatic hydroxyl groups excluding tert-OH is 1. The third-order valence-corrected chi connectivity index (χ3v) is 3.82. The van der Waals surface area contributed by atoms with Gasteiger partial charge in [0, 0.05) is 0 Å². The van der Waals surface area contributed by atoms with Crippen LogP contribution in [0.2, 0.25) is 0 Å². The van der Waals surface area contributed by atoms with Crippen LogP contribution in [0.25, 0.3) is 0 Å². The normalized spacial score (nSPS) is 17.5. The van der Waals surface area contributed by atoms with Crippen molar-refractivity contribution in [2.45, 2.75) is 78.0 Å². The van der Waals surface area contributed by atoms with Gasteiger partial charge in [-0.15, -0.1) is 0 Å². The lowest BCUT2D eigenvalue weighted by Crippen LogP contribution is -2.19. The second kappa shape index (κ2) is 12.4. The number of hydrogen-bond donors (Lipinski definition) is 1. The van der Waals surface area contributed by atoms with E-state index in [1.807, 2.05) is 13.8 Å². The number of rotatable bonds is 1. The summed E-state index contributed by atoms with van der Waals surface area (Å²) in [7, 11) is 0. The van der Waals surface area contributed by atoms with Crippen molar-refractivity contribution in [2.75, 3.05) is 0 Å². The molecule has 4 heteroatoms. The van der Waals surface area contributed by atoms with Gasteiger partial charge >= 0.3 is 6.18 Å². The first kappa shape index (κ1) is 22.0. The average Bonchev–Trinajstić information content (AvgIpc) is 2.53. The van der Waals surface area contributed by atoms with Crippen molar-refractivity contribution >= 4 is 0 Å². The van der Waals surface area contributed by atoms with Gasteiger partial charge in [-0.1, -0.05) is 96.0 Å². The zero-order valence-corrected chi connectivity index (χ0v) is 14.6. The molecule has 0 saturated heterocycles. The Labute approximate surface area is 138 Å². The summed E-state index contributed by atoms with van der Waals surface area (Å²) in [6.45, 7) is 6.39. The Kier molecular flexibility index (Phi) is 11.8. The molecule has 1 aliphatic carbocycles. The van der Waals surface area contributed by atoms with Gasteiger partial charge in [-0.25, -0.2) is 0 Å². The number of hydrogen-bond acceptors (Lipinski definition) is 1. The maximum atomic E-state index is 11.9. The highest BCUT2D eigenvalue weighted by Gasteiger charge is 2.39. The monoisotopic (exact) mass is 332 g/mol. The summed E-state index contributed by atoms with van der Waals surface area (Å²) in [5.41, 5.74) is -0.134. The van der Waals surface area contributed by atoms with Crippen molar-refractivity contribution < 1.29 is 18.3 Å².